The van der Waals surface area contributed by atoms with Gasteiger partial charge in [-0.2, -0.15) is 0 Å². The van der Waals surface area contributed by atoms with Crippen molar-refractivity contribution in [1.82, 2.24) is 19.4 Å². The monoisotopic (exact) mass is 302 g/mol. The van der Waals surface area contributed by atoms with Crippen LogP contribution >= 0.6 is 0 Å². The highest BCUT2D eigenvalue weighted by Gasteiger charge is 2.26. The van der Waals surface area contributed by atoms with Crippen LogP contribution in [0.25, 0.3) is 0 Å². The van der Waals surface area contributed by atoms with Crippen LogP contribution < -0.4 is 0 Å². The van der Waals surface area contributed by atoms with Crippen molar-refractivity contribution in [3.05, 3.63) is 30.4 Å². The maximum Gasteiger partial charge on any atom is 0.226 e. The molecule has 1 aromatic heterocycles. The molecule has 0 aromatic carbocycles. The Morgan fingerprint density at radius 3 is 2.91 bits per heavy atom. The number of hydrogen-bond donors (Lipinski definition) is 0. The molecule has 1 aromatic rings. The normalized spacial score (nSPS) is 23.5. The van der Waals surface area contributed by atoms with Crippen LogP contribution in [0.4, 0.5) is 0 Å². The number of allylic oxidation sites excluding steroid dienone is 2. The summed E-state index contributed by atoms with van der Waals surface area (Å²) in [7, 11) is 2.03. The molecule has 1 fully saturated rings. The molecule has 2 aliphatic rings. The lowest BCUT2D eigenvalue weighted by Gasteiger charge is -2.27. The summed E-state index contributed by atoms with van der Waals surface area (Å²) in [5.41, 5.74) is 0. The summed E-state index contributed by atoms with van der Waals surface area (Å²) in [5, 5.41) is 0. The zero-order valence-corrected chi connectivity index (χ0v) is 13.4. The Kier molecular flexibility index (Phi) is 4.93. The molecular formula is C17H26N4O. The number of imidazole rings is 1. The molecule has 0 radical (unpaired) electrons. The molecule has 3 rings (SSSR count). The van der Waals surface area contributed by atoms with E-state index >= 15 is 0 Å². The molecule has 5 heteroatoms. The van der Waals surface area contributed by atoms with E-state index in [2.05, 4.69) is 31.5 Å². The van der Waals surface area contributed by atoms with Gasteiger partial charge in [0.15, 0.2) is 0 Å². The molecule has 120 valence electrons. The minimum atomic E-state index is 0.214. The second kappa shape index (κ2) is 7.09. The summed E-state index contributed by atoms with van der Waals surface area (Å²) in [6.07, 6.45) is 12.2. The Morgan fingerprint density at radius 2 is 2.18 bits per heavy atom. The van der Waals surface area contributed by atoms with Gasteiger partial charge in [-0.05, 0) is 25.7 Å². The lowest BCUT2D eigenvalue weighted by Crippen LogP contribution is -2.39. The highest BCUT2D eigenvalue weighted by Crippen LogP contribution is 2.21. The molecule has 2 heterocycles. The zero-order valence-electron chi connectivity index (χ0n) is 13.4. The van der Waals surface area contributed by atoms with Gasteiger partial charge in [-0.3, -0.25) is 9.69 Å². The van der Waals surface area contributed by atoms with Gasteiger partial charge < -0.3 is 9.47 Å². The van der Waals surface area contributed by atoms with Crippen molar-refractivity contribution < 1.29 is 4.79 Å². The highest BCUT2D eigenvalue weighted by atomic mass is 16.2. The average molecular weight is 302 g/mol. The number of aryl methyl sites for hydroxylation is 1. The Morgan fingerprint density at radius 1 is 1.27 bits per heavy atom. The fraction of sp³-hybridized carbons (Fsp3) is 0.647. The third-order valence-electron chi connectivity index (χ3n) is 4.80. The van der Waals surface area contributed by atoms with E-state index in [1.165, 1.54) is 0 Å². The largest absolute Gasteiger partial charge is 0.341 e. The number of amides is 1. The molecule has 5 nitrogen and oxygen atoms in total. The van der Waals surface area contributed by atoms with Crippen molar-refractivity contribution in [3.8, 4) is 0 Å². The van der Waals surface area contributed by atoms with Gasteiger partial charge in [0.2, 0.25) is 5.91 Å². The zero-order chi connectivity index (χ0) is 15.4. The van der Waals surface area contributed by atoms with E-state index in [9.17, 15) is 4.79 Å². The smallest absolute Gasteiger partial charge is 0.226 e. The van der Waals surface area contributed by atoms with Gasteiger partial charge in [0.1, 0.15) is 5.82 Å². The molecule has 0 spiro atoms. The minimum Gasteiger partial charge on any atom is -0.341 e. The second-order valence-corrected chi connectivity index (χ2v) is 6.39. The Bertz CT molecular complexity index is 537. The van der Waals surface area contributed by atoms with Gasteiger partial charge in [0, 0.05) is 51.5 Å². The summed E-state index contributed by atoms with van der Waals surface area (Å²) in [4.78, 5) is 21.5. The maximum absolute atomic E-state index is 12.6. The summed E-state index contributed by atoms with van der Waals surface area (Å²) in [6.45, 7) is 4.61. The predicted molar refractivity (Wildman–Crippen MR) is 86.2 cm³/mol. The summed E-state index contributed by atoms with van der Waals surface area (Å²) >= 11 is 0. The van der Waals surface area contributed by atoms with E-state index in [0.29, 0.717) is 5.91 Å². The van der Waals surface area contributed by atoms with E-state index in [1.807, 2.05) is 19.4 Å². The molecule has 0 N–H and O–H groups in total. The molecule has 1 aliphatic heterocycles. The Labute approximate surface area is 132 Å². The van der Waals surface area contributed by atoms with Gasteiger partial charge in [0.25, 0.3) is 0 Å². The van der Waals surface area contributed by atoms with Crippen molar-refractivity contribution in [3.63, 3.8) is 0 Å². The predicted octanol–water partition coefficient (Wildman–Crippen LogP) is 1.81. The first-order valence-electron chi connectivity index (χ1n) is 8.36. The van der Waals surface area contributed by atoms with Crippen LogP contribution in [0.3, 0.4) is 0 Å². The molecule has 1 amide bonds. The van der Waals surface area contributed by atoms with Gasteiger partial charge >= 0.3 is 0 Å². The van der Waals surface area contributed by atoms with Crippen molar-refractivity contribution >= 4 is 5.91 Å². The van der Waals surface area contributed by atoms with Crippen molar-refractivity contribution in [2.75, 3.05) is 26.2 Å². The van der Waals surface area contributed by atoms with Crippen molar-refractivity contribution in [1.29, 1.82) is 0 Å². The lowest BCUT2D eigenvalue weighted by molar-refractivity contribution is -0.135. The van der Waals surface area contributed by atoms with Crippen molar-refractivity contribution in [2.24, 2.45) is 13.0 Å². The average Bonchev–Trinajstić information content (AvgIpc) is 2.81. The van der Waals surface area contributed by atoms with Crippen LogP contribution in [0.5, 0.6) is 0 Å². The Hall–Kier alpha value is -1.62. The van der Waals surface area contributed by atoms with Gasteiger partial charge in [0.05, 0.1) is 6.54 Å². The number of hydrogen-bond acceptors (Lipinski definition) is 3. The first-order chi connectivity index (χ1) is 10.7. The quantitative estimate of drug-likeness (QED) is 0.800. The van der Waals surface area contributed by atoms with Crippen LogP contribution in [0, 0.1) is 5.92 Å². The molecular weight excluding hydrogens is 276 g/mol. The third-order valence-corrected chi connectivity index (χ3v) is 4.80. The van der Waals surface area contributed by atoms with Gasteiger partial charge in [-0.15, -0.1) is 0 Å². The maximum atomic E-state index is 12.6. The summed E-state index contributed by atoms with van der Waals surface area (Å²) in [5.74, 6) is 1.67. The number of aromatic nitrogens is 2. The summed E-state index contributed by atoms with van der Waals surface area (Å²) in [6, 6.07) is 0. The van der Waals surface area contributed by atoms with E-state index in [1.54, 1.807) is 0 Å². The molecule has 22 heavy (non-hydrogen) atoms. The Balaban J connectivity index is 1.54. The number of carbonyl (C=O) groups is 1. The van der Waals surface area contributed by atoms with E-state index in [0.717, 1.165) is 64.2 Å². The van der Waals surface area contributed by atoms with Crippen LogP contribution in [0.15, 0.2) is 24.5 Å². The van der Waals surface area contributed by atoms with E-state index < -0.39 is 0 Å². The standard InChI is InChI=1S/C17H26N4O/c1-19-11-8-18-16(19)14-20-9-5-10-21(13-12-20)17(22)15-6-3-2-4-7-15/h2-3,8,11,15H,4-7,9-10,12-14H2,1H3. The number of carbonyl (C=O) groups excluding carboxylic acids is 1. The van der Waals surface area contributed by atoms with Gasteiger partial charge in [-0.25, -0.2) is 4.98 Å². The fourth-order valence-corrected chi connectivity index (χ4v) is 3.37. The molecule has 0 saturated carbocycles. The van der Waals surface area contributed by atoms with Crippen LogP contribution in [0.1, 0.15) is 31.5 Å². The topological polar surface area (TPSA) is 41.4 Å². The van der Waals surface area contributed by atoms with E-state index in [-0.39, 0.29) is 5.92 Å². The van der Waals surface area contributed by atoms with Crippen LogP contribution in [-0.4, -0.2) is 51.4 Å². The fourth-order valence-electron chi connectivity index (χ4n) is 3.37. The van der Waals surface area contributed by atoms with Crippen LogP contribution in [-0.2, 0) is 18.4 Å². The molecule has 0 bridgehead atoms. The number of nitrogens with zero attached hydrogens (tertiary/aromatic N) is 4. The summed E-state index contributed by atoms with van der Waals surface area (Å²) < 4.78 is 2.07. The molecule has 1 aliphatic carbocycles. The molecule has 1 unspecified atom stereocenters. The highest BCUT2D eigenvalue weighted by molar-refractivity contribution is 5.79. The minimum absolute atomic E-state index is 0.214. The first-order valence-corrected chi connectivity index (χ1v) is 8.36. The lowest BCUT2D eigenvalue weighted by atomic mass is 9.93. The van der Waals surface area contributed by atoms with Crippen LogP contribution in [0.2, 0.25) is 0 Å². The SMILES string of the molecule is Cn1ccnc1CN1CCCN(C(=O)C2CC=CCC2)CC1. The third kappa shape index (κ3) is 3.58. The van der Waals surface area contributed by atoms with Gasteiger partial charge in [-0.1, -0.05) is 12.2 Å². The molecule has 1 saturated heterocycles. The van der Waals surface area contributed by atoms with Crippen molar-refractivity contribution in [2.45, 2.75) is 32.2 Å². The molecule has 1 atom stereocenters. The second-order valence-electron chi connectivity index (χ2n) is 6.39. The number of rotatable bonds is 3. The first kappa shape index (κ1) is 15.3. The van der Waals surface area contributed by atoms with E-state index in [4.69, 9.17) is 0 Å².